The molecule has 1 aromatic heterocycles. The van der Waals surface area contributed by atoms with Crippen LogP contribution in [0.5, 0.6) is 0 Å². The topological polar surface area (TPSA) is 84.5 Å². The van der Waals surface area contributed by atoms with Gasteiger partial charge < -0.3 is 10.1 Å². The number of benzene rings is 1. The van der Waals surface area contributed by atoms with Gasteiger partial charge in [0.05, 0.1) is 16.4 Å². The van der Waals surface area contributed by atoms with Gasteiger partial charge in [0.15, 0.2) is 0 Å². The van der Waals surface area contributed by atoms with Crippen LogP contribution in [0.2, 0.25) is 0 Å². The lowest BCUT2D eigenvalue weighted by atomic mass is 10.1. The van der Waals surface area contributed by atoms with Crippen LogP contribution in [0.25, 0.3) is 0 Å². The van der Waals surface area contributed by atoms with Crippen LogP contribution in [0.1, 0.15) is 40.4 Å². The van der Waals surface area contributed by atoms with Gasteiger partial charge in [-0.15, -0.1) is 11.3 Å². The number of ether oxygens (including phenoxy) is 1. The minimum Gasteiger partial charge on any atom is -0.383 e. The molecule has 2 aromatic rings. The third-order valence-corrected chi connectivity index (χ3v) is 6.66. The highest BCUT2D eigenvalue weighted by molar-refractivity contribution is 7.89. The zero-order valence-corrected chi connectivity index (χ0v) is 17.7. The van der Waals surface area contributed by atoms with Crippen molar-refractivity contribution in [1.82, 2.24) is 4.72 Å². The second kappa shape index (κ2) is 9.45. The first-order valence-corrected chi connectivity index (χ1v) is 11.1. The summed E-state index contributed by atoms with van der Waals surface area (Å²) in [5.74, 6) is -0.187. The van der Waals surface area contributed by atoms with Crippen LogP contribution in [0.3, 0.4) is 0 Å². The van der Waals surface area contributed by atoms with Crippen molar-refractivity contribution in [2.24, 2.45) is 0 Å². The molecule has 0 aliphatic rings. The van der Waals surface area contributed by atoms with Crippen molar-refractivity contribution in [2.45, 2.75) is 44.6 Å². The van der Waals surface area contributed by atoms with Gasteiger partial charge in [-0.25, -0.2) is 13.1 Å². The van der Waals surface area contributed by atoms with Crippen LogP contribution in [0, 0.1) is 6.92 Å². The molecule has 8 heteroatoms. The van der Waals surface area contributed by atoms with E-state index in [4.69, 9.17) is 4.74 Å². The highest BCUT2D eigenvalue weighted by atomic mass is 32.2. The summed E-state index contributed by atoms with van der Waals surface area (Å²) in [7, 11) is -2.11. The third kappa shape index (κ3) is 5.87. The summed E-state index contributed by atoms with van der Waals surface area (Å²) >= 11 is 1.47. The number of nitrogens with one attached hydrogen (secondary N) is 2. The van der Waals surface area contributed by atoms with Crippen molar-refractivity contribution < 1.29 is 17.9 Å². The maximum absolute atomic E-state index is 12.4. The number of aryl methyl sites for hydroxylation is 2. The van der Waals surface area contributed by atoms with E-state index in [1.165, 1.54) is 36.1 Å². The molecule has 0 bridgehead atoms. The third-order valence-electron chi connectivity index (χ3n) is 3.96. The van der Waals surface area contributed by atoms with Crippen LogP contribution in [-0.2, 0) is 21.2 Å². The number of hydrogen-bond donors (Lipinski definition) is 2. The Morgan fingerprint density at radius 3 is 2.52 bits per heavy atom. The molecule has 0 saturated carbocycles. The Morgan fingerprint density at radius 1 is 1.26 bits per heavy atom. The van der Waals surface area contributed by atoms with Crippen molar-refractivity contribution >= 4 is 33.0 Å². The molecular formula is C19H26N2O4S2. The van der Waals surface area contributed by atoms with E-state index in [2.05, 4.69) is 17.0 Å². The van der Waals surface area contributed by atoms with Gasteiger partial charge in [0.25, 0.3) is 5.91 Å². The maximum Gasteiger partial charge on any atom is 0.265 e. The average Bonchev–Trinajstić information content (AvgIpc) is 2.96. The van der Waals surface area contributed by atoms with Crippen LogP contribution < -0.4 is 10.0 Å². The number of amides is 1. The second-order valence-electron chi connectivity index (χ2n) is 6.40. The van der Waals surface area contributed by atoms with E-state index in [9.17, 15) is 13.2 Å². The van der Waals surface area contributed by atoms with Gasteiger partial charge in [-0.05, 0) is 56.2 Å². The Morgan fingerprint density at radius 2 is 1.93 bits per heavy atom. The van der Waals surface area contributed by atoms with Gasteiger partial charge in [-0.2, -0.15) is 0 Å². The Hall–Kier alpha value is -1.74. The van der Waals surface area contributed by atoms with Crippen molar-refractivity contribution in [3.05, 3.63) is 45.6 Å². The van der Waals surface area contributed by atoms with Gasteiger partial charge in [-0.1, -0.05) is 13.3 Å². The van der Waals surface area contributed by atoms with Gasteiger partial charge >= 0.3 is 0 Å². The van der Waals surface area contributed by atoms with Gasteiger partial charge in [-0.3, -0.25) is 4.79 Å². The normalized spacial score (nSPS) is 12.7. The van der Waals surface area contributed by atoms with E-state index in [0.29, 0.717) is 10.6 Å². The molecule has 1 aromatic carbocycles. The molecule has 0 fully saturated rings. The minimum absolute atomic E-state index is 0.139. The van der Waals surface area contributed by atoms with Crippen LogP contribution >= 0.6 is 11.3 Å². The Bertz CT molecular complexity index is 874. The highest BCUT2D eigenvalue weighted by Crippen LogP contribution is 2.24. The Balaban J connectivity index is 2.07. The first kappa shape index (κ1) is 21.6. The molecule has 0 aliphatic carbocycles. The standard InChI is InChI=1S/C19H26N2O4S2/c1-5-6-15-11-18(26-14(15)3)19(22)20-16-7-9-17(10-8-16)27(23,24)21-13(2)12-25-4/h7-11,13,21H,5-6,12H2,1-4H3,(H,20,22). The zero-order valence-electron chi connectivity index (χ0n) is 16.0. The summed E-state index contributed by atoms with van der Waals surface area (Å²) in [4.78, 5) is 14.4. The summed E-state index contributed by atoms with van der Waals surface area (Å²) < 4.78 is 32.1. The Labute approximate surface area is 165 Å². The van der Waals surface area contributed by atoms with Crippen LogP contribution in [0.4, 0.5) is 5.69 Å². The smallest absolute Gasteiger partial charge is 0.265 e. The molecule has 2 N–H and O–H groups in total. The summed E-state index contributed by atoms with van der Waals surface area (Å²) in [5, 5.41) is 2.82. The number of sulfonamides is 1. The zero-order chi connectivity index (χ0) is 20.0. The van der Waals surface area contributed by atoms with Crippen molar-refractivity contribution in [2.75, 3.05) is 19.0 Å². The molecule has 1 atom stereocenters. The van der Waals surface area contributed by atoms with Gasteiger partial charge in [0.1, 0.15) is 0 Å². The fourth-order valence-electron chi connectivity index (χ4n) is 2.68. The molecule has 6 nitrogen and oxygen atoms in total. The first-order valence-electron chi connectivity index (χ1n) is 8.78. The molecule has 27 heavy (non-hydrogen) atoms. The van der Waals surface area contributed by atoms with Crippen molar-refractivity contribution in [3.8, 4) is 0 Å². The van der Waals surface area contributed by atoms with E-state index in [1.807, 2.05) is 13.0 Å². The van der Waals surface area contributed by atoms with E-state index < -0.39 is 10.0 Å². The SMILES string of the molecule is CCCc1cc(C(=O)Nc2ccc(S(=O)(=O)NC(C)COC)cc2)sc1C. The average molecular weight is 411 g/mol. The molecule has 1 unspecified atom stereocenters. The number of carbonyl (C=O) groups excluding carboxylic acids is 1. The molecule has 1 amide bonds. The summed E-state index contributed by atoms with van der Waals surface area (Å²) in [6.45, 7) is 6.14. The van der Waals surface area contributed by atoms with E-state index in [1.54, 1.807) is 19.1 Å². The predicted octanol–water partition coefficient (Wildman–Crippen LogP) is 3.57. The quantitative estimate of drug-likeness (QED) is 0.662. The number of methoxy groups -OCH3 is 1. The lowest BCUT2D eigenvalue weighted by Gasteiger charge is -2.13. The lowest BCUT2D eigenvalue weighted by Crippen LogP contribution is -2.35. The van der Waals surface area contributed by atoms with Gasteiger partial charge in [0, 0.05) is 23.7 Å². The summed E-state index contributed by atoms with van der Waals surface area (Å²) in [5.41, 5.74) is 1.75. The number of hydrogen-bond acceptors (Lipinski definition) is 5. The maximum atomic E-state index is 12.4. The molecule has 2 rings (SSSR count). The number of carbonyl (C=O) groups is 1. The molecular weight excluding hydrogens is 384 g/mol. The molecule has 1 heterocycles. The van der Waals surface area contributed by atoms with Crippen molar-refractivity contribution in [3.63, 3.8) is 0 Å². The lowest BCUT2D eigenvalue weighted by molar-refractivity contribution is 0.103. The number of anilines is 1. The second-order valence-corrected chi connectivity index (χ2v) is 9.37. The van der Waals surface area contributed by atoms with Crippen LogP contribution in [0.15, 0.2) is 35.2 Å². The molecule has 148 valence electrons. The van der Waals surface area contributed by atoms with Gasteiger partial charge in [0.2, 0.25) is 10.0 Å². The van der Waals surface area contributed by atoms with E-state index in [-0.39, 0.29) is 23.5 Å². The monoisotopic (exact) mass is 410 g/mol. The molecule has 0 saturated heterocycles. The predicted molar refractivity (Wildman–Crippen MR) is 109 cm³/mol. The number of thiophene rings is 1. The van der Waals surface area contributed by atoms with E-state index in [0.717, 1.165) is 17.7 Å². The molecule has 0 aliphatic heterocycles. The largest absolute Gasteiger partial charge is 0.383 e. The minimum atomic E-state index is -3.63. The van der Waals surface area contributed by atoms with E-state index >= 15 is 0 Å². The summed E-state index contributed by atoms with van der Waals surface area (Å²) in [6.07, 6.45) is 1.99. The number of rotatable bonds is 9. The summed E-state index contributed by atoms with van der Waals surface area (Å²) in [6, 6.07) is 7.71. The fraction of sp³-hybridized carbons (Fsp3) is 0.421. The molecule has 0 spiro atoms. The molecule has 0 radical (unpaired) electrons. The Kier molecular flexibility index (Phi) is 7.55. The highest BCUT2D eigenvalue weighted by Gasteiger charge is 2.18. The van der Waals surface area contributed by atoms with Crippen molar-refractivity contribution in [1.29, 1.82) is 0 Å². The fourth-order valence-corrected chi connectivity index (χ4v) is 4.87. The first-order chi connectivity index (χ1) is 12.8. The van der Waals surface area contributed by atoms with Crippen LogP contribution in [-0.4, -0.2) is 34.1 Å².